The lowest BCUT2D eigenvalue weighted by Gasteiger charge is -2.23. The highest BCUT2D eigenvalue weighted by atomic mass is 32.2. The van der Waals surface area contributed by atoms with E-state index in [2.05, 4.69) is 0 Å². The highest BCUT2D eigenvalue weighted by molar-refractivity contribution is 7.93. The molecule has 0 aliphatic rings. The highest BCUT2D eigenvalue weighted by Gasteiger charge is 2.31. The third kappa shape index (κ3) is 4.96. The molecule has 0 bridgehead atoms. The minimum Gasteiger partial charge on any atom is -0.483 e. The Morgan fingerprint density at radius 3 is 2.00 bits per heavy atom. The lowest BCUT2D eigenvalue weighted by Crippen LogP contribution is -2.40. The lowest BCUT2D eigenvalue weighted by molar-refractivity contribution is -0.119. The van der Waals surface area contributed by atoms with Gasteiger partial charge in [0, 0.05) is 5.56 Å². The van der Waals surface area contributed by atoms with Crippen LogP contribution in [0.2, 0.25) is 0 Å². The predicted molar refractivity (Wildman–Crippen MR) is 130 cm³/mol. The quantitative estimate of drug-likeness (QED) is 0.370. The molecule has 0 spiro atoms. The van der Waals surface area contributed by atoms with Crippen LogP contribution in [-0.2, 0) is 14.8 Å². The van der Waals surface area contributed by atoms with Crippen LogP contribution < -0.4 is 9.04 Å². The zero-order valence-electron chi connectivity index (χ0n) is 18.1. The summed E-state index contributed by atoms with van der Waals surface area (Å²) in [6.45, 7) is 1.45. The number of hydrogen-bond acceptors (Lipinski definition) is 4. The second-order valence-electron chi connectivity index (χ2n) is 7.46. The summed E-state index contributed by atoms with van der Waals surface area (Å²) in [7, 11) is -4.13. The molecule has 0 saturated heterocycles. The molecule has 0 saturated carbocycles. The number of benzene rings is 4. The van der Waals surface area contributed by atoms with E-state index in [0.29, 0.717) is 5.75 Å². The normalized spacial score (nSPS) is 11.1. The van der Waals surface area contributed by atoms with Gasteiger partial charge < -0.3 is 4.74 Å². The molecule has 5 nitrogen and oxygen atoms in total. The number of ether oxygens (including phenoxy) is 1. The Bertz CT molecular complexity index is 1340. The van der Waals surface area contributed by atoms with Crippen LogP contribution in [0.15, 0.2) is 114 Å². The van der Waals surface area contributed by atoms with Crippen LogP contribution in [0.5, 0.6) is 5.75 Å². The van der Waals surface area contributed by atoms with Gasteiger partial charge in [-0.2, -0.15) is 4.31 Å². The Kier molecular flexibility index (Phi) is 6.56. The summed E-state index contributed by atoms with van der Waals surface area (Å²) < 4.78 is 33.5. The van der Waals surface area contributed by atoms with Gasteiger partial charge in [0.25, 0.3) is 15.9 Å². The highest BCUT2D eigenvalue weighted by Crippen LogP contribution is 2.30. The Morgan fingerprint density at radius 2 is 1.33 bits per heavy atom. The largest absolute Gasteiger partial charge is 0.483 e. The number of aryl methyl sites for hydroxylation is 1. The molecule has 0 aliphatic heterocycles. The SMILES string of the molecule is Cc1ccc(N(C(=O)COc2ccccc2-c2ccccc2)S(=O)(=O)c2ccccc2)cc1. The van der Waals surface area contributed by atoms with Crippen LogP contribution in [0.3, 0.4) is 0 Å². The van der Waals surface area contributed by atoms with Crippen LogP contribution in [0, 0.1) is 6.92 Å². The predicted octanol–water partition coefficient (Wildman–Crippen LogP) is 5.46. The van der Waals surface area contributed by atoms with E-state index < -0.39 is 22.5 Å². The maximum absolute atomic E-state index is 13.4. The van der Waals surface area contributed by atoms with Crippen molar-refractivity contribution in [2.24, 2.45) is 0 Å². The zero-order valence-corrected chi connectivity index (χ0v) is 18.9. The van der Waals surface area contributed by atoms with E-state index in [1.165, 1.54) is 12.1 Å². The second-order valence-corrected chi connectivity index (χ2v) is 9.25. The molecular weight excluding hydrogens is 434 g/mol. The number of nitrogens with zero attached hydrogens (tertiary/aromatic N) is 1. The number of hydrogen-bond donors (Lipinski definition) is 0. The van der Waals surface area contributed by atoms with Crippen molar-refractivity contribution in [1.29, 1.82) is 0 Å². The van der Waals surface area contributed by atoms with Crippen molar-refractivity contribution in [3.8, 4) is 16.9 Å². The average molecular weight is 458 g/mol. The molecule has 0 aliphatic carbocycles. The van der Waals surface area contributed by atoms with E-state index in [9.17, 15) is 13.2 Å². The monoisotopic (exact) mass is 457 g/mol. The average Bonchev–Trinajstić information content (AvgIpc) is 2.85. The van der Waals surface area contributed by atoms with E-state index in [1.807, 2.05) is 55.5 Å². The maximum Gasteiger partial charge on any atom is 0.278 e. The number of amides is 1. The summed E-state index contributed by atoms with van der Waals surface area (Å²) in [5, 5.41) is 0. The Morgan fingerprint density at radius 1 is 0.758 bits per heavy atom. The van der Waals surface area contributed by atoms with Crippen molar-refractivity contribution in [1.82, 2.24) is 0 Å². The number of para-hydroxylation sites is 1. The fourth-order valence-electron chi connectivity index (χ4n) is 3.44. The Balaban J connectivity index is 1.66. The molecule has 1 amide bonds. The molecule has 0 atom stereocenters. The van der Waals surface area contributed by atoms with Crippen molar-refractivity contribution < 1.29 is 17.9 Å². The van der Waals surface area contributed by atoms with Gasteiger partial charge in [-0.15, -0.1) is 0 Å². The van der Waals surface area contributed by atoms with Gasteiger partial charge in [-0.05, 0) is 42.8 Å². The summed E-state index contributed by atoms with van der Waals surface area (Å²) in [5.41, 5.74) is 2.97. The topological polar surface area (TPSA) is 63.7 Å². The smallest absolute Gasteiger partial charge is 0.278 e. The molecule has 4 aromatic carbocycles. The lowest BCUT2D eigenvalue weighted by atomic mass is 10.1. The molecule has 0 heterocycles. The third-order valence-corrected chi connectivity index (χ3v) is 6.86. The molecule has 6 heteroatoms. The molecule has 4 aromatic rings. The van der Waals surface area contributed by atoms with E-state index in [0.717, 1.165) is 21.0 Å². The third-order valence-electron chi connectivity index (χ3n) is 5.10. The van der Waals surface area contributed by atoms with Crippen LogP contribution in [0.4, 0.5) is 5.69 Å². The van der Waals surface area contributed by atoms with Crippen molar-refractivity contribution in [3.63, 3.8) is 0 Å². The van der Waals surface area contributed by atoms with Crippen molar-refractivity contribution >= 4 is 21.6 Å². The second kappa shape index (κ2) is 9.71. The first-order valence-electron chi connectivity index (χ1n) is 10.4. The minimum absolute atomic E-state index is 0.0311. The zero-order chi connectivity index (χ0) is 23.3. The van der Waals surface area contributed by atoms with Crippen molar-refractivity contribution in [2.75, 3.05) is 10.9 Å². The Hall–Kier alpha value is -3.90. The molecule has 0 fully saturated rings. The minimum atomic E-state index is -4.13. The van der Waals surface area contributed by atoms with E-state index in [1.54, 1.807) is 48.5 Å². The molecule has 0 radical (unpaired) electrons. The van der Waals surface area contributed by atoms with Gasteiger partial charge in [0.15, 0.2) is 6.61 Å². The first kappa shape index (κ1) is 22.3. The number of sulfonamides is 1. The number of carbonyl (C=O) groups is 1. The van der Waals surface area contributed by atoms with Crippen LogP contribution >= 0.6 is 0 Å². The van der Waals surface area contributed by atoms with E-state index in [4.69, 9.17) is 4.74 Å². The summed E-state index contributed by atoms with van der Waals surface area (Å²) in [6, 6.07) is 31.7. The van der Waals surface area contributed by atoms with Crippen molar-refractivity contribution in [2.45, 2.75) is 11.8 Å². The summed E-state index contributed by atoms with van der Waals surface area (Å²) in [4.78, 5) is 13.3. The fraction of sp³-hybridized carbons (Fsp3) is 0.0741. The molecule has 0 unspecified atom stereocenters. The summed E-state index contributed by atoms with van der Waals surface area (Å²) in [5.74, 6) is -0.191. The molecule has 4 rings (SSSR count). The van der Waals surface area contributed by atoms with Crippen molar-refractivity contribution in [3.05, 3.63) is 115 Å². The van der Waals surface area contributed by atoms with Gasteiger partial charge in [-0.1, -0.05) is 84.4 Å². The maximum atomic E-state index is 13.4. The van der Waals surface area contributed by atoms with E-state index in [-0.39, 0.29) is 10.6 Å². The van der Waals surface area contributed by atoms with Gasteiger partial charge in [0.05, 0.1) is 10.6 Å². The first-order valence-corrected chi connectivity index (χ1v) is 11.9. The molecular formula is C27H23NO4S. The standard InChI is InChI=1S/C27H23NO4S/c1-21-16-18-23(19-17-21)28(33(30,31)24-12-6-3-7-13-24)27(29)20-32-26-15-9-8-14-25(26)22-10-4-2-5-11-22/h2-19H,20H2,1H3. The number of carbonyl (C=O) groups excluding carboxylic acids is 1. The van der Waals surface area contributed by atoms with Crippen LogP contribution in [0.25, 0.3) is 11.1 Å². The van der Waals surface area contributed by atoms with Gasteiger partial charge in [-0.25, -0.2) is 8.42 Å². The molecule has 33 heavy (non-hydrogen) atoms. The fourth-order valence-corrected chi connectivity index (χ4v) is 4.87. The van der Waals surface area contributed by atoms with Gasteiger partial charge in [0.1, 0.15) is 5.75 Å². The first-order chi connectivity index (χ1) is 16.0. The summed E-state index contributed by atoms with van der Waals surface area (Å²) in [6.07, 6.45) is 0. The molecule has 166 valence electrons. The van der Waals surface area contributed by atoms with Gasteiger partial charge in [-0.3, -0.25) is 4.79 Å². The Labute approximate surface area is 193 Å². The van der Waals surface area contributed by atoms with Crippen LogP contribution in [0.1, 0.15) is 5.56 Å². The molecule has 0 N–H and O–H groups in total. The number of rotatable bonds is 7. The van der Waals surface area contributed by atoms with Gasteiger partial charge >= 0.3 is 0 Å². The summed E-state index contributed by atoms with van der Waals surface area (Å²) >= 11 is 0. The number of anilines is 1. The van der Waals surface area contributed by atoms with Crippen LogP contribution in [-0.4, -0.2) is 20.9 Å². The van der Waals surface area contributed by atoms with E-state index >= 15 is 0 Å². The molecule has 0 aromatic heterocycles. The van der Waals surface area contributed by atoms with Gasteiger partial charge in [0.2, 0.25) is 0 Å².